The summed E-state index contributed by atoms with van der Waals surface area (Å²) >= 11 is 0. The third-order valence-corrected chi connectivity index (χ3v) is 3.04. The largest absolute Gasteiger partial charge is 0.378 e. The number of nitrogens with zero attached hydrogens (tertiary/aromatic N) is 3. The maximum atomic E-state index is 12.1. The van der Waals surface area contributed by atoms with Crippen LogP contribution < -0.4 is 5.32 Å². The van der Waals surface area contributed by atoms with Crippen LogP contribution in [0.15, 0.2) is 30.5 Å². The van der Waals surface area contributed by atoms with Gasteiger partial charge in [0.05, 0.1) is 29.8 Å². The van der Waals surface area contributed by atoms with E-state index in [-0.39, 0.29) is 5.91 Å². The smallest absolute Gasteiger partial charge is 0.289 e. The monoisotopic (exact) mass is 242 g/mol. The lowest BCUT2D eigenvalue weighted by molar-refractivity contribution is 0.0814. The molecule has 2 heterocycles. The van der Waals surface area contributed by atoms with Gasteiger partial charge < -0.3 is 10.2 Å². The van der Waals surface area contributed by atoms with Gasteiger partial charge >= 0.3 is 0 Å². The van der Waals surface area contributed by atoms with Crippen LogP contribution >= 0.6 is 0 Å². The van der Waals surface area contributed by atoms with Gasteiger partial charge in [-0.1, -0.05) is 12.1 Å². The molecule has 3 rings (SSSR count). The molecular formula is C13H14N4O. The van der Waals surface area contributed by atoms with Crippen molar-refractivity contribution >= 4 is 11.6 Å². The van der Waals surface area contributed by atoms with Gasteiger partial charge in [0.1, 0.15) is 0 Å². The molecule has 1 aliphatic heterocycles. The fourth-order valence-corrected chi connectivity index (χ4v) is 2.14. The van der Waals surface area contributed by atoms with Crippen LogP contribution in [0, 0.1) is 0 Å². The molecule has 1 N–H and O–H groups in total. The molecule has 1 amide bonds. The first-order chi connectivity index (χ1) is 8.68. The van der Waals surface area contributed by atoms with Crippen molar-refractivity contribution in [3.63, 3.8) is 0 Å². The van der Waals surface area contributed by atoms with Gasteiger partial charge in [-0.15, -0.1) is 0 Å². The standard InChI is InChI=1S/C13H14N4O/c1-16(2)13(18)12-15-8-9-7-14-10-5-3-4-6-11(10)17(9)12/h3-6,8,14H,7H2,1-2H3. The van der Waals surface area contributed by atoms with Gasteiger partial charge in [-0.05, 0) is 12.1 Å². The average molecular weight is 242 g/mol. The molecule has 1 aliphatic rings. The Bertz CT molecular complexity index is 615. The maximum Gasteiger partial charge on any atom is 0.289 e. The summed E-state index contributed by atoms with van der Waals surface area (Å²) in [5.41, 5.74) is 3.00. The highest BCUT2D eigenvalue weighted by Crippen LogP contribution is 2.28. The molecule has 1 aromatic carbocycles. The number of carbonyl (C=O) groups is 1. The third kappa shape index (κ3) is 1.48. The summed E-state index contributed by atoms with van der Waals surface area (Å²) in [5, 5.41) is 3.31. The normalized spacial score (nSPS) is 12.3. The number of imidazole rings is 1. The Morgan fingerprint density at radius 1 is 1.39 bits per heavy atom. The van der Waals surface area contributed by atoms with Crippen molar-refractivity contribution in [2.75, 3.05) is 19.4 Å². The predicted octanol–water partition coefficient (Wildman–Crippen LogP) is 1.50. The first kappa shape index (κ1) is 10.8. The van der Waals surface area contributed by atoms with E-state index >= 15 is 0 Å². The van der Waals surface area contributed by atoms with Crippen LogP contribution in [0.4, 0.5) is 5.69 Å². The summed E-state index contributed by atoms with van der Waals surface area (Å²) in [6.45, 7) is 0.685. The summed E-state index contributed by atoms with van der Waals surface area (Å²) in [6.07, 6.45) is 1.75. The molecule has 92 valence electrons. The molecule has 0 aliphatic carbocycles. The highest BCUT2D eigenvalue weighted by molar-refractivity contribution is 5.92. The summed E-state index contributed by atoms with van der Waals surface area (Å²) in [7, 11) is 3.47. The molecule has 1 aromatic heterocycles. The molecule has 0 bridgehead atoms. The summed E-state index contributed by atoms with van der Waals surface area (Å²) in [4.78, 5) is 17.9. The van der Waals surface area contributed by atoms with Crippen molar-refractivity contribution in [2.24, 2.45) is 0 Å². The Balaban J connectivity index is 2.19. The predicted molar refractivity (Wildman–Crippen MR) is 68.9 cm³/mol. The molecule has 0 fully saturated rings. The van der Waals surface area contributed by atoms with E-state index in [1.807, 2.05) is 28.8 Å². The van der Waals surface area contributed by atoms with Crippen molar-refractivity contribution in [1.29, 1.82) is 0 Å². The maximum absolute atomic E-state index is 12.1. The molecule has 5 nitrogen and oxygen atoms in total. The van der Waals surface area contributed by atoms with E-state index in [1.54, 1.807) is 25.2 Å². The molecule has 0 unspecified atom stereocenters. The molecule has 0 saturated heterocycles. The Labute approximate surface area is 105 Å². The van der Waals surface area contributed by atoms with Crippen LogP contribution in [0.1, 0.15) is 16.3 Å². The van der Waals surface area contributed by atoms with Crippen LogP contribution in [0.5, 0.6) is 0 Å². The fraction of sp³-hybridized carbons (Fsp3) is 0.231. The quantitative estimate of drug-likeness (QED) is 0.824. The number of amides is 1. The second kappa shape index (κ2) is 3.87. The van der Waals surface area contributed by atoms with E-state index in [4.69, 9.17) is 0 Å². The van der Waals surface area contributed by atoms with Gasteiger partial charge in [0.15, 0.2) is 0 Å². The second-order valence-electron chi connectivity index (χ2n) is 4.48. The summed E-state index contributed by atoms with van der Waals surface area (Å²) in [5.74, 6) is 0.377. The van der Waals surface area contributed by atoms with Crippen molar-refractivity contribution in [3.05, 3.63) is 42.0 Å². The van der Waals surface area contributed by atoms with Crippen LogP contribution in [0.3, 0.4) is 0 Å². The lowest BCUT2D eigenvalue weighted by atomic mass is 10.2. The van der Waals surface area contributed by atoms with Gasteiger partial charge in [0.2, 0.25) is 5.82 Å². The first-order valence-electron chi connectivity index (χ1n) is 5.80. The number of hydrogen-bond acceptors (Lipinski definition) is 3. The molecule has 18 heavy (non-hydrogen) atoms. The number of carbonyl (C=O) groups excluding carboxylic acids is 1. The van der Waals surface area contributed by atoms with Crippen LogP contribution in [-0.2, 0) is 6.54 Å². The minimum Gasteiger partial charge on any atom is -0.378 e. The number of para-hydroxylation sites is 2. The zero-order valence-electron chi connectivity index (χ0n) is 10.3. The van der Waals surface area contributed by atoms with Gasteiger partial charge in [0.25, 0.3) is 5.91 Å². The van der Waals surface area contributed by atoms with Gasteiger partial charge in [-0.25, -0.2) is 4.98 Å². The minimum absolute atomic E-state index is 0.0852. The Morgan fingerprint density at radius 2 is 2.17 bits per heavy atom. The van der Waals surface area contributed by atoms with Gasteiger partial charge in [-0.2, -0.15) is 0 Å². The topological polar surface area (TPSA) is 50.2 Å². The Hall–Kier alpha value is -2.30. The Morgan fingerprint density at radius 3 is 2.94 bits per heavy atom. The zero-order chi connectivity index (χ0) is 12.7. The Kier molecular flexibility index (Phi) is 2.33. The third-order valence-electron chi connectivity index (χ3n) is 3.04. The van der Waals surface area contributed by atoms with E-state index in [1.165, 1.54) is 0 Å². The molecule has 5 heteroatoms. The van der Waals surface area contributed by atoms with E-state index in [9.17, 15) is 4.79 Å². The first-order valence-corrected chi connectivity index (χ1v) is 5.80. The number of nitrogens with one attached hydrogen (secondary N) is 1. The van der Waals surface area contributed by atoms with Crippen molar-refractivity contribution in [3.8, 4) is 5.69 Å². The van der Waals surface area contributed by atoms with Crippen molar-refractivity contribution in [1.82, 2.24) is 14.5 Å². The number of fused-ring (bicyclic) bond motifs is 3. The minimum atomic E-state index is -0.0852. The van der Waals surface area contributed by atoms with Crippen molar-refractivity contribution in [2.45, 2.75) is 6.54 Å². The van der Waals surface area contributed by atoms with E-state index in [2.05, 4.69) is 10.3 Å². The van der Waals surface area contributed by atoms with Gasteiger partial charge in [-0.3, -0.25) is 9.36 Å². The van der Waals surface area contributed by atoms with E-state index in [0.717, 1.165) is 17.1 Å². The van der Waals surface area contributed by atoms with E-state index in [0.29, 0.717) is 12.4 Å². The lowest BCUT2D eigenvalue weighted by Crippen LogP contribution is -2.27. The molecule has 0 atom stereocenters. The number of benzene rings is 1. The highest BCUT2D eigenvalue weighted by atomic mass is 16.2. The molecule has 2 aromatic rings. The van der Waals surface area contributed by atoms with Crippen molar-refractivity contribution < 1.29 is 4.79 Å². The zero-order valence-corrected chi connectivity index (χ0v) is 10.3. The number of rotatable bonds is 1. The molecule has 0 saturated carbocycles. The number of aromatic nitrogens is 2. The van der Waals surface area contributed by atoms with Crippen LogP contribution in [-0.4, -0.2) is 34.5 Å². The summed E-state index contributed by atoms with van der Waals surface area (Å²) in [6, 6.07) is 7.92. The lowest BCUT2D eigenvalue weighted by Gasteiger charge is -2.22. The SMILES string of the molecule is CN(C)C(=O)c1ncc2n1-c1ccccc1NC2. The molecule has 0 radical (unpaired) electrons. The van der Waals surface area contributed by atoms with Crippen LogP contribution in [0.2, 0.25) is 0 Å². The van der Waals surface area contributed by atoms with Crippen LogP contribution in [0.25, 0.3) is 5.69 Å². The molecular weight excluding hydrogens is 228 g/mol. The highest BCUT2D eigenvalue weighted by Gasteiger charge is 2.23. The number of anilines is 1. The number of hydrogen-bond donors (Lipinski definition) is 1. The molecule has 0 spiro atoms. The summed E-state index contributed by atoms with van der Waals surface area (Å²) < 4.78 is 1.92. The van der Waals surface area contributed by atoms with Gasteiger partial charge in [0, 0.05) is 14.1 Å². The average Bonchev–Trinajstić information content (AvgIpc) is 2.81. The second-order valence-corrected chi connectivity index (χ2v) is 4.48. The fourth-order valence-electron chi connectivity index (χ4n) is 2.14. The van der Waals surface area contributed by atoms with E-state index < -0.39 is 0 Å².